The molecular formula is C24H30N6O4. The fourth-order valence-corrected chi connectivity index (χ4v) is 3.77. The number of ether oxygens (including phenoxy) is 2. The van der Waals surface area contributed by atoms with Crippen LogP contribution < -0.4 is 15.0 Å². The minimum absolute atomic E-state index is 0.294. The summed E-state index contributed by atoms with van der Waals surface area (Å²) in [6, 6.07) is 5.41. The van der Waals surface area contributed by atoms with Gasteiger partial charge in [-0.1, -0.05) is 0 Å². The normalized spacial score (nSPS) is 14.3. The molecule has 2 amide bonds. The highest BCUT2D eigenvalue weighted by molar-refractivity contribution is 6.06. The zero-order valence-corrected chi connectivity index (χ0v) is 20.2. The number of amides is 2. The quantitative estimate of drug-likeness (QED) is 0.629. The van der Waals surface area contributed by atoms with Crippen LogP contribution in [0.2, 0.25) is 0 Å². The zero-order valence-electron chi connectivity index (χ0n) is 20.2. The van der Waals surface area contributed by atoms with Crippen molar-refractivity contribution in [1.82, 2.24) is 19.3 Å². The second-order valence-corrected chi connectivity index (χ2v) is 9.22. The van der Waals surface area contributed by atoms with Crippen LogP contribution >= 0.6 is 0 Å². The smallest absolute Gasteiger partial charge is 0.410 e. The van der Waals surface area contributed by atoms with E-state index in [-0.39, 0.29) is 12.0 Å². The third-order valence-corrected chi connectivity index (χ3v) is 5.40. The number of imidazole rings is 1. The van der Waals surface area contributed by atoms with Gasteiger partial charge in [0, 0.05) is 44.6 Å². The first-order valence-corrected chi connectivity index (χ1v) is 11.2. The van der Waals surface area contributed by atoms with E-state index in [0.717, 1.165) is 11.5 Å². The summed E-state index contributed by atoms with van der Waals surface area (Å²) in [4.78, 5) is 37.9. The lowest BCUT2D eigenvalue weighted by Gasteiger charge is -2.36. The molecule has 10 heteroatoms. The van der Waals surface area contributed by atoms with Crippen molar-refractivity contribution < 1.29 is 19.1 Å². The van der Waals surface area contributed by atoms with E-state index in [1.54, 1.807) is 27.8 Å². The Labute approximate surface area is 198 Å². The number of piperazine rings is 1. The number of carbonyl (C=O) groups is 2. The summed E-state index contributed by atoms with van der Waals surface area (Å²) in [5.74, 6) is 0.934. The minimum atomic E-state index is -0.510. The molecule has 0 atom stereocenters. The van der Waals surface area contributed by atoms with Crippen molar-refractivity contribution in [3.05, 3.63) is 48.0 Å². The molecule has 0 aliphatic carbocycles. The molecule has 1 fully saturated rings. The number of anilines is 2. The maximum absolute atomic E-state index is 12.9. The number of carbonyl (C=O) groups excluding carboxylic acids is 2. The molecule has 3 aromatic heterocycles. The van der Waals surface area contributed by atoms with Crippen molar-refractivity contribution in [1.29, 1.82) is 0 Å². The number of hydrogen-bond donors (Lipinski definition) is 1. The van der Waals surface area contributed by atoms with E-state index in [1.807, 2.05) is 46.0 Å². The Morgan fingerprint density at radius 2 is 1.82 bits per heavy atom. The lowest BCUT2D eigenvalue weighted by Crippen LogP contribution is -2.50. The molecule has 4 heterocycles. The van der Waals surface area contributed by atoms with Gasteiger partial charge in [0.15, 0.2) is 0 Å². The van der Waals surface area contributed by atoms with Crippen molar-refractivity contribution in [2.75, 3.05) is 43.5 Å². The van der Waals surface area contributed by atoms with E-state index < -0.39 is 5.60 Å². The number of aromatic nitrogens is 3. The van der Waals surface area contributed by atoms with Crippen LogP contribution in [0.5, 0.6) is 5.75 Å². The van der Waals surface area contributed by atoms with E-state index in [1.165, 1.54) is 7.11 Å². The van der Waals surface area contributed by atoms with E-state index >= 15 is 0 Å². The maximum Gasteiger partial charge on any atom is 0.410 e. The highest BCUT2D eigenvalue weighted by Crippen LogP contribution is 2.23. The highest BCUT2D eigenvalue weighted by atomic mass is 16.6. The molecule has 0 unspecified atom stereocenters. The van der Waals surface area contributed by atoms with Gasteiger partial charge in [-0.15, -0.1) is 0 Å². The average Bonchev–Trinajstić information content (AvgIpc) is 3.16. The predicted octanol–water partition coefficient (Wildman–Crippen LogP) is 3.36. The fourth-order valence-electron chi connectivity index (χ4n) is 3.77. The summed E-state index contributed by atoms with van der Waals surface area (Å²) in [7, 11) is 1.53. The second-order valence-electron chi connectivity index (χ2n) is 9.22. The fraction of sp³-hybridized carbons (Fsp3) is 0.417. The molecule has 0 radical (unpaired) electrons. The summed E-state index contributed by atoms with van der Waals surface area (Å²) in [5.41, 5.74) is 2.03. The van der Waals surface area contributed by atoms with Crippen LogP contribution in [-0.2, 0) is 4.74 Å². The monoisotopic (exact) mass is 466 g/mol. The number of rotatable bonds is 4. The average molecular weight is 467 g/mol. The van der Waals surface area contributed by atoms with Crippen molar-refractivity contribution in [2.45, 2.75) is 33.3 Å². The molecule has 1 N–H and O–H groups in total. The molecule has 0 aromatic carbocycles. The lowest BCUT2D eigenvalue weighted by molar-refractivity contribution is 0.0240. The zero-order chi connectivity index (χ0) is 24.5. The van der Waals surface area contributed by atoms with Gasteiger partial charge in [0.25, 0.3) is 5.91 Å². The van der Waals surface area contributed by atoms with Crippen LogP contribution in [0.1, 0.15) is 36.8 Å². The van der Waals surface area contributed by atoms with Crippen LogP contribution in [0.4, 0.5) is 16.3 Å². The topological polar surface area (TPSA) is 101 Å². The maximum atomic E-state index is 12.9. The molecule has 180 valence electrons. The van der Waals surface area contributed by atoms with Gasteiger partial charge in [-0.25, -0.2) is 14.8 Å². The summed E-state index contributed by atoms with van der Waals surface area (Å²) < 4.78 is 12.6. The third kappa shape index (κ3) is 5.22. The Bertz CT molecular complexity index is 1190. The van der Waals surface area contributed by atoms with Crippen molar-refractivity contribution in [3.63, 3.8) is 0 Å². The first kappa shape index (κ1) is 23.3. The van der Waals surface area contributed by atoms with Gasteiger partial charge in [0.2, 0.25) is 0 Å². The summed E-state index contributed by atoms with van der Waals surface area (Å²) in [6.07, 6.45) is 4.89. The molecule has 3 aromatic rings. The van der Waals surface area contributed by atoms with Crippen LogP contribution in [0.3, 0.4) is 0 Å². The van der Waals surface area contributed by atoms with Gasteiger partial charge in [-0.05, 0) is 39.8 Å². The van der Waals surface area contributed by atoms with Gasteiger partial charge in [-0.3, -0.25) is 4.79 Å². The van der Waals surface area contributed by atoms with Gasteiger partial charge >= 0.3 is 6.09 Å². The summed E-state index contributed by atoms with van der Waals surface area (Å²) in [6.45, 7) is 9.90. The van der Waals surface area contributed by atoms with Crippen LogP contribution in [-0.4, -0.2) is 70.2 Å². The Hall–Kier alpha value is -3.82. The van der Waals surface area contributed by atoms with Crippen molar-refractivity contribution in [3.8, 4) is 5.75 Å². The lowest BCUT2D eigenvalue weighted by atomic mass is 10.2. The van der Waals surface area contributed by atoms with E-state index in [0.29, 0.717) is 48.8 Å². The minimum Gasteiger partial charge on any atom is -0.496 e. The molecule has 1 aliphatic heterocycles. The molecule has 1 aliphatic rings. The molecule has 0 bridgehead atoms. The van der Waals surface area contributed by atoms with Gasteiger partial charge in [0.05, 0.1) is 30.3 Å². The first-order chi connectivity index (χ1) is 16.1. The van der Waals surface area contributed by atoms with Gasteiger partial charge < -0.3 is 29.0 Å². The number of aryl methyl sites for hydroxylation is 1. The predicted molar refractivity (Wildman–Crippen MR) is 129 cm³/mol. The SMILES string of the molecule is COc1cc2nc(C)cn2cc1C(=O)Nc1ccc(N2CCN(C(=O)OC(C)(C)C)CC2)nc1. The molecule has 0 spiro atoms. The standard InChI is InChI=1S/C24H30N6O4/c1-16-14-30-15-18(19(33-5)12-21(30)26-16)22(31)27-17-6-7-20(25-13-17)28-8-10-29(11-9-28)23(32)34-24(2,3)4/h6-7,12-15H,8-11H2,1-5H3,(H,27,31). The summed E-state index contributed by atoms with van der Waals surface area (Å²) >= 11 is 0. The van der Waals surface area contributed by atoms with Crippen molar-refractivity contribution in [2.24, 2.45) is 0 Å². The number of nitrogens with zero attached hydrogens (tertiary/aromatic N) is 5. The molecular weight excluding hydrogens is 436 g/mol. The highest BCUT2D eigenvalue weighted by Gasteiger charge is 2.26. The van der Waals surface area contributed by atoms with Gasteiger partial charge in [0.1, 0.15) is 22.8 Å². The Morgan fingerprint density at radius 1 is 1.09 bits per heavy atom. The Kier molecular flexibility index (Phi) is 6.32. The molecule has 1 saturated heterocycles. The number of hydrogen-bond acceptors (Lipinski definition) is 7. The Balaban J connectivity index is 1.39. The van der Waals surface area contributed by atoms with Gasteiger partial charge in [-0.2, -0.15) is 0 Å². The first-order valence-electron chi connectivity index (χ1n) is 11.2. The molecule has 4 rings (SSSR count). The third-order valence-electron chi connectivity index (χ3n) is 5.40. The van der Waals surface area contributed by atoms with Crippen molar-refractivity contribution >= 4 is 29.2 Å². The van der Waals surface area contributed by atoms with Crippen LogP contribution in [0.15, 0.2) is 36.8 Å². The number of nitrogens with one attached hydrogen (secondary N) is 1. The molecule has 34 heavy (non-hydrogen) atoms. The second kappa shape index (κ2) is 9.20. The largest absolute Gasteiger partial charge is 0.496 e. The number of fused-ring (bicyclic) bond motifs is 1. The number of pyridine rings is 2. The summed E-state index contributed by atoms with van der Waals surface area (Å²) in [5, 5.41) is 2.88. The van der Waals surface area contributed by atoms with E-state index in [2.05, 4.69) is 20.2 Å². The Morgan fingerprint density at radius 3 is 2.44 bits per heavy atom. The van der Waals surface area contributed by atoms with Crippen LogP contribution in [0, 0.1) is 6.92 Å². The molecule has 10 nitrogen and oxygen atoms in total. The van der Waals surface area contributed by atoms with E-state index in [9.17, 15) is 9.59 Å². The number of methoxy groups -OCH3 is 1. The molecule has 0 saturated carbocycles. The van der Waals surface area contributed by atoms with Crippen LogP contribution in [0.25, 0.3) is 5.65 Å². The van der Waals surface area contributed by atoms with E-state index in [4.69, 9.17) is 9.47 Å².